The maximum Gasteiger partial charge on any atom is 0.0848 e. The van der Waals surface area contributed by atoms with Crippen LogP contribution in [0.3, 0.4) is 0 Å². The van der Waals surface area contributed by atoms with Crippen molar-refractivity contribution < 1.29 is 5.11 Å². The first kappa shape index (κ1) is 13.4. The van der Waals surface area contributed by atoms with Crippen molar-refractivity contribution in [3.63, 3.8) is 0 Å². The van der Waals surface area contributed by atoms with Crippen LogP contribution in [0.25, 0.3) is 5.69 Å². The molecule has 0 fully saturated rings. The van der Waals surface area contributed by atoms with Gasteiger partial charge in [-0.3, -0.25) is 0 Å². The fourth-order valence-electron chi connectivity index (χ4n) is 1.86. The molecule has 1 aromatic heterocycles. The second kappa shape index (κ2) is 4.92. The van der Waals surface area contributed by atoms with Crippen LogP contribution in [0.15, 0.2) is 18.2 Å². The van der Waals surface area contributed by atoms with Gasteiger partial charge in [0.05, 0.1) is 28.2 Å². The van der Waals surface area contributed by atoms with Gasteiger partial charge in [0.1, 0.15) is 0 Å². The maximum atomic E-state index is 9.54. The molecule has 18 heavy (non-hydrogen) atoms. The van der Waals surface area contributed by atoms with E-state index in [2.05, 4.69) is 5.10 Å². The third kappa shape index (κ3) is 2.26. The van der Waals surface area contributed by atoms with E-state index in [1.54, 1.807) is 23.7 Å². The Morgan fingerprint density at radius 3 is 2.39 bits per heavy atom. The standard InChI is InChI=1S/C13H14Cl2N2O/c1-7-13(15)8(2)17(16-7)10-4-5-11(9(3)18)12(14)6-10/h4-6,9,18H,1-3H3. The first-order valence-corrected chi connectivity index (χ1v) is 6.37. The van der Waals surface area contributed by atoms with Gasteiger partial charge < -0.3 is 5.11 Å². The molecule has 0 aliphatic carbocycles. The summed E-state index contributed by atoms with van der Waals surface area (Å²) in [6, 6.07) is 5.44. The lowest BCUT2D eigenvalue weighted by Crippen LogP contribution is -2.01. The molecule has 3 nitrogen and oxygen atoms in total. The Hall–Kier alpha value is -1.03. The zero-order valence-corrected chi connectivity index (χ0v) is 11.9. The second-order valence-corrected chi connectivity index (χ2v) is 5.06. The summed E-state index contributed by atoms with van der Waals surface area (Å²) in [5, 5.41) is 15.1. The van der Waals surface area contributed by atoms with Crippen molar-refractivity contribution in [2.75, 3.05) is 0 Å². The van der Waals surface area contributed by atoms with Gasteiger partial charge in [-0.2, -0.15) is 5.10 Å². The van der Waals surface area contributed by atoms with Gasteiger partial charge in [-0.05, 0) is 38.5 Å². The topological polar surface area (TPSA) is 38.0 Å². The van der Waals surface area contributed by atoms with Gasteiger partial charge in [0, 0.05) is 5.02 Å². The normalized spacial score (nSPS) is 12.8. The Labute approximate surface area is 116 Å². The summed E-state index contributed by atoms with van der Waals surface area (Å²) < 4.78 is 1.75. The molecule has 0 amide bonds. The highest BCUT2D eigenvalue weighted by Gasteiger charge is 2.13. The summed E-state index contributed by atoms with van der Waals surface area (Å²) in [4.78, 5) is 0. The molecule has 1 heterocycles. The number of nitrogens with zero attached hydrogens (tertiary/aromatic N) is 2. The van der Waals surface area contributed by atoms with Crippen molar-refractivity contribution in [1.82, 2.24) is 9.78 Å². The summed E-state index contributed by atoms with van der Waals surface area (Å²) in [5.41, 5.74) is 3.19. The largest absolute Gasteiger partial charge is 0.389 e. The molecular formula is C13H14Cl2N2O. The van der Waals surface area contributed by atoms with Gasteiger partial charge in [-0.25, -0.2) is 4.68 Å². The molecule has 1 aromatic carbocycles. The van der Waals surface area contributed by atoms with Crippen LogP contribution in [-0.4, -0.2) is 14.9 Å². The van der Waals surface area contributed by atoms with Crippen LogP contribution in [0.5, 0.6) is 0 Å². The first-order chi connectivity index (χ1) is 8.41. The van der Waals surface area contributed by atoms with E-state index in [4.69, 9.17) is 23.2 Å². The molecule has 1 N–H and O–H groups in total. The molecule has 0 radical (unpaired) electrons. The number of hydrogen-bond donors (Lipinski definition) is 1. The Balaban J connectivity index is 2.52. The predicted molar refractivity (Wildman–Crippen MR) is 73.7 cm³/mol. The Morgan fingerprint density at radius 2 is 1.94 bits per heavy atom. The average molecular weight is 285 g/mol. The van der Waals surface area contributed by atoms with Crippen LogP contribution in [-0.2, 0) is 0 Å². The molecule has 1 unspecified atom stereocenters. The van der Waals surface area contributed by atoms with Crippen molar-refractivity contribution in [2.45, 2.75) is 26.9 Å². The van der Waals surface area contributed by atoms with E-state index < -0.39 is 6.10 Å². The van der Waals surface area contributed by atoms with Crippen LogP contribution >= 0.6 is 23.2 Å². The molecule has 96 valence electrons. The SMILES string of the molecule is Cc1nn(-c2ccc(C(C)O)c(Cl)c2)c(C)c1Cl. The lowest BCUT2D eigenvalue weighted by atomic mass is 10.1. The van der Waals surface area contributed by atoms with Gasteiger partial charge in [0.2, 0.25) is 0 Å². The van der Waals surface area contributed by atoms with E-state index in [-0.39, 0.29) is 0 Å². The van der Waals surface area contributed by atoms with Crippen molar-refractivity contribution in [3.8, 4) is 5.69 Å². The molecule has 5 heteroatoms. The van der Waals surface area contributed by atoms with Crippen LogP contribution in [0.4, 0.5) is 0 Å². The van der Waals surface area contributed by atoms with Gasteiger partial charge in [-0.15, -0.1) is 0 Å². The summed E-state index contributed by atoms with van der Waals surface area (Å²) in [6.45, 7) is 5.44. The van der Waals surface area contributed by atoms with E-state index in [0.29, 0.717) is 15.6 Å². The molecule has 0 spiro atoms. The monoisotopic (exact) mass is 284 g/mol. The van der Waals surface area contributed by atoms with Gasteiger partial charge in [-0.1, -0.05) is 29.3 Å². The van der Waals surface area contributed by atoms with Crippen LogP contribution in [0.1, 0.15) is 30.0 Å². The highest BCUT2D eigenvalue weighted by atomic mass is 35.5. The lowest BCUT2D eigenvalue weighted by Gasteiger charge is -2.10. The van der Waals surface area contributed by atoms with Crippen molar-refractivity contribution in [3.05, 3.63) is 45.2 Å². The summed E-state index contributed by atoms with van der Waals surface area (Å²) in [7, 11) is 0. The minimum atomic E-state index is -0.587. The Bertz CT molecular complexity index is 591. The summed E-state index contributed by atoms with van der Waals surface area (Å²) >= 11 is 12.3. The first-order valence-electron chi connectivity index (χ1n) is 5.61. The minimum Gasteiger partial charge on any atom is -0.389 e. The molecule has 0 saturated heterocycles. The predicted octanol–water partition coefficient (Wildman–Crippen LogP) is 3.85. The smallest absolute Gasteiger partial charge is 0.0848 e. The van der Waals surface area contributed by atoms with Crippen LogP contribution < -0.4 is 0 Å². The molecule has 2 aromatic rings. The number of aliphatic hydroxyl groups excluding tert-OH is 1. The molecule has 0 aliphatic heterocycles. The number of halogens is 2. The van der Waals surface area contributed by atoms with E-state index in [1.165, 1.54) is 0 Å². The van der Waals surface area contributed by atoms with Crippen molar-refractivity contribution >= 4 is 23.2 Å². The number of aryl methyl sites for hydroxylation is 1. The fraction of sp³-hybridized carbons (Fsp3) is 0.308. The number of aliphatic hydroxyl groups is 1. The quantitative estimate of drug-likeness (QED) is 0.910. The van der Waals surface area contributed by atoms with E-state index in [9.17, 15) is 5.11 Å². The van der Waals surface area contributed by atoms with E-state index in [1.807, 2.05) is 19.9 Å². The summed E-state index contributed by atoms with van der Waals surface area (Å²) in [6.07, 6.45) is -0.587. The molecule has 0 saturated carbocycles. The molecular weight excluding hydrogens is 271 g/mol. The zero-order chi connectivity index (χ0) is 13.4. The van der Waals surface area contributed by atoms with E-state index >= 15 is 0 Å². The number of hydrogen-bond acceptors (Lipinski definition) is 2. The lowest BCUT2D eigenvalue weighted by molar-refractivity contribution is 0.199. The maximum absolute atomic E-state index is 9.54. The van der Waals surface area contributed by atoms with E-state index in [0.717, 1.165) is 17.1 Å². The van der Waals surface area contributed by atoms with Crippen LogP contribution in [0.2, 0.25) is 10.0 Å². The number of benzene rings is 1. The summed E-state index contributed by atoms with van der Waals surface area (Å²) in [5.74, 6) is 0. The molecule has 0 bridgehead atoms. The van der Waals surface area contributed by atoms with Crippen molar-refractivity contribution in [2.24, 2.45) is 0 Å². The number of rotatable bonds is 2. The van der Waals surface area contributed by atoms with Crippen LogP contribution in [0, 0.1) is 13.8 Å². The van der Waals surface area contributed by atoms with Gasteiger partial charge in [0.15, 0.2) is 0 Å². The second-order valence-electron chi connectivity index (χ2n) is 4.28. The highest BCUT2D eigenvalue weighted by Crippen LogP contribution is 2.28. The number of aromatic nitrogens is 2. The Morgan fingerprint density at radius 1 is 1.28 bits per heavy atom. The molecule has 2 rings (SSSR count). The third-order valence-corrected chi connectivity index (χ3v) is 3.76. The fourth-order valence-corrected chi connectivity index (χ4v) is 2.31. The molecule has 0 aliphatic rings. The van der Waals surface area contributed by atoms with Gasteiger partial charge in [0.25, 0.3) is 0 Å². The average Bonchev–Trinajstić information content (AvgIpc) is 2.56. The Kier molecular flexibility index (Phi) is 3.66. The zero-order valence-electron chi connectivity index (χ0n) is 10.4. The van der Waals surface area contributed by atoms with Crippen molar-refractivity contribution in [1.29, 1.82) is 0 Å². The highest BCUT2D eigenvalue weighted by molar-refractivity contribution is 6.32. The van der Waals surface area contributed by atoms with Gasteiger partial charge >= 0.3 is 0 Å². The molecule has 1 atom stereocenters. The third-order valence-electron chi connectivity index (χ3n) is 2.88. The minimum absolute atomic E-state index is 0.520.